The van der Waals surface area contributed by atoms with Gasteiger partial charge in [0.2, 0.25) is 0 Å². The summed E-state index contributed by atoms with van der Waals surface area (Å²) in [6, 6.07) is 0.136. The summed E-state index contributed by atoms with van der Waals surface area (Å²) in [7, 11) is 0. The van der Waals surface area contributed by atoms with Gasteiger partial charge in [0.25, 0.3) is 0 Å². The zero-order chi connectivity index (χ0) is 10.7. The van der Waals surface area contributed by atoms with Gasteiger partial charge in [0, 0.05) is 6.04 Å². The number of nitrogens with zero attached hydrogens (tertiary/aromatic N) is 1. The molecule has 14 heavy (non-hydrogen) atoms. The van der Waals surface area contributed by atoms with E-state index in [4.69, 9.17) is 0 Å². The SMILES string of the molecule is CCC(C)N(CC)C(C(=O)O)C1CC1. The first-order valence-electron chi connectivity index (χ1n) is 5.60. The van der Waals surface area contributed by atoms with Crippen molar-refractivity contribution >= 4 is 5.97 Å². The van der Waals surface area contributed by atoms with Crippen LogP contribution in [0.25, 0.3) is 0 Å². The third-order valence-electron chi connectivity index (χ3n) is 3.20. The van der Waals surface area contributed by atoms with E-state index in [1.54, 1.807) is 0 Å². The van der Waals surface area contributed by atoms with Crippen LogP contribution in [0, 0.1) is 5.92 Å². The first-order valence-corrected chi connectivity index (χ1v) is 5.60. The molecule has 3 nitrogen and oxygen atoms in total. The number of likely N-dealkylation sites (N-methyl/N-ethyl adjacent to an activating group) is 1. The Labute approximate surface area is 86.1 Å². The van der Waals surface area contributed by atoms with E-state index in [9.17, 15) is 9.90 Å². The number of carboxylic acid groups (broad SMARTS) is 1. The van der Waals surface area contributed by atoms with Gasteiger partial charge in [-0.05, 0) is 38.6 Å². The average molecular weight is 199 g/mol. The summed E-state index contributed by atoms with van der Waals surface area (Å²) in [5, 5.41) is 9.19. The largest absolute Gasteiger partial charge is 0.480 e. The molecule has 0 aromatic rings. The highest BCUT2D eigenvalue weighted by Crippen LogP contribution is 2.36. The van der Waals surface area contributed by atoms with Crippen LogP contribution in [-0.4, -0.2) is 34.6 Å². The smallest absolute Gasteiger partial charge is 0.321 e. The molecular formula is C11H21NO2. The first-order chi connectivity index (χ1) is 6.61. The summed E-state index contributed by atoms with van der Waals surface area (Å²) >= 11 is 0. The highest BCUT2D eigenvalue weighted by Gasteiger charge is 2.40. The lowest BCUT2D eigenvalue weighted by atomic mass is 10.1. The van der Waals surface area contributed by atoms with Crippen molar-refractivity contribution in [2.75, 3.05) is 6.54 Å². The van der Waals surface area contributed by atoms with Crippen molar-refractivity contribution in [3.05, 3.63) is 0 Å². The number of carboxylic acids is 1. The molecule has 0 bridgehead atoms. The Bertz CT molecular complexity index is 201. The molecule has 1 aliphatic carbocycles. The second kappa shape index (κ2) is 4.78. The zero-order valence-corrected chi connectivity index (χ0v) is 9.36. The fraction of sp³-hybridized carbons (Fsp3) is 0.909. The Morgan fingerprint density at radius 2 is 2.07 bits per heavy atom. The molecule has 1 rings (SSSR count). The number of hydrogen-bond donors (Lipinski definition) is 1. The third-order valence-corrected chi connectivity index (χ3v) is 3.20. The minimum absolute atomic E-state index is 0.241. The van der Waals surface area contributed by atoms with Crippen molar-refractivity contribution < 1.29 is 9.90 Å². The lowest BCUT2D eigenvalue weighted by Gasteiger charge is -2.32. The van der Waals surface area contributed by atoms with Crippen molar-refractivity contribution in [3.8, 4) is 0 Å². The number of rotatable bonds is 6. The van der Waals surface area contributed by atoms with Gasteiger partial charge in [-0.1, -0.05) is 13.8 Å². The van der Waals surface area contributed by atoms with Crippen molar-refractivity contribution in [1.82, 2.24) is 4.90 Å². The number of carbonyl (C=O) groups is 1. The molecule has 0 radical (unpaired) electrons. The van der Waals surface area contributed by atoms with E-state index in [0.717, 1.165) is 25.8 Å². The van der Waals surface area contributed by atoms with Gasteiger partial charge in [0.1, 0.15) is 6.04 Å². The monoisotopic (exact) mass is 199 g/mol. The fourth-order valence-electron chi connectivity index (χ4n) is 2.04. The molecule has 0 amide bonds. The third kappa shape index (κ3) is 2.47. The molecule has 0 spiro atoms. The van der Waals surface area contributed by atoms with Gasteiger partial charge in [-0.2, -0.15) is 0 Å². The molecule has 0 heterocycles. The van der Waals surface area contributed by atoms with Crippen molar-refractivity contribution in [2.45, 2.75) is 52.1 Å². The normalized spacial score (nSPS) is 20.9. The zero-order valence-electron chi connectivity index (χ0n) is 9.36. The van der Waals surface area contributed by atoms with E-state index in [0.29, 0.717) is 12.0 Å². The van der Waals surface area contributed by atoms with Crippen LogP contribution in [0.2, 0.25) is 0 Å². The van der Waals surface area contributed by atoms with Crippen LogP contribution in [-0.2, 0) is 4.79 Å². The molecule has 1 N–H and O–H groups in total. The van der Waals surface area contributed by atoms with E-state index in [2.05, 4.69) is 18.7 Å². The van der Waals surface area contributed by atoms with Crippen LogP contribution in [0.4, 0.5) is 0 Å². The molecule has 1 fully saturated rings. The van der Waals surface area contributed by atoms with Crippen LogP contribution in [0.3, 0.4) is 0 Å². The fourth-order valence-corrected chi connectivity index (χ4v) is 2.04. The van der Waals surface area contributed by atoms with Gasteiger partial charge in [0.15, 0.2) is 0 Å². The average Bonchev–Trinajstić information content (AvgIpc) is 2.95. The van der Waals surface area contributed by atoms with Crippen molar-refractivity contribution in [2.24, 2.45) is 5.92 Å². The standard InChI is InChI=1S/C11H21NO2/c1-4-8(3)12(5-2)10(11(13)14)9-6-7-9/h8-10H,4-7H2,1-3H3,(H,13,14). The van der Waals surface area contributed by atoms with Gasteiger partial charge in [-0.25, -0.2) is 0 Å². The summed E-state index contributed by atoms with van der Waals surface area (Å²) in [5.41, 5.74) is 0. The Morgan fingerprint density at radius 1 is 1.50 bits per heavy atom. The van der Waals surface area contributed by atoms with E-state index in [1.165, 1.54) is 0 Å². The second-order valence-corrected chi connectivity index (χ2v) is 4.21. The molecule has 1 aliphatic rings. The molecule has 1 saturated carbocycles. The molecule has 3 heteroatoms. The number of hydrogen-bond acceptors (Lipinski definition) is 2. The van der Waals surface area contributed by atoms with Crippen LogP contribution >= 0.6 is 0 Å². The molecule has 0 saturated heterocycles. The summed E-state index contributed by atoms with van der Waals surface area (Å²) in [6.45, 7) is 7.11. The molecule has 0 aromatic heterocycles. The van der Waals surface area contributed by atoms with Gasteiger partial charge < -0.3 is 5.11 Å². The van der Waals surface area contributed by atoms with Gasteiger partial charge >= 0.3 is 5.97 Å². The van der Waals surface area contributed by atoms with Crippen LogP contribution in [0.15, 0.2) is 0 Å². The van der Waals surface area contributed by atoms with Gasteiger partial charge in [-0.3, -0.25) is 9.69 Å². The van der Waals surface area contributed by atoms with Gasteiger partial charge in [0.05, 0.1) is 0 Å². The first kappa shape index (κ1) is 11.5. The van der Waals surface area contributed by atoms with E-state index >= 15 is 0 Å². The predicted octanol–water partition coefficient (Wildman–Crippen LogP) is 1.97. The molecule has 2 unspecified atom stereocenters. The molecular weight excluding hydrogens is 178 g/mol. The number of aliphatic carboxylic acids is 1. The van der Waals surface area contributed by atoms with Crippen molar-refractivity contribution in [1.29, 1.82) is 0 Å². The minimum Gasteiger partial charge on any atom is -0.480 e. The quantitative estimate of drug-likeness (QED) is 0.711. The Balaban J connectivity index is 2.67. The molecule has 2 atom stereocenters. The second-order valence-electron chi connectivity index (χ2n) is 4.21. The van der Waals surface area contributed by atoms with Crippen LogP contribution < -0.4 is 0 Å². The summed E-state index contributed by atoms with van der Waals surface area (Å²) in [4.78, 5) is 13.3. The maximum atomic E-state index is 11.2. The van der Waals surface area contributed by atoms with E-state index in [-0.39, 0.29) is 6.04 Å². The Morgan fingerprint density at radius 3 is 2.36 bits per heavy atom. The topological polar surface area (TPSA) is 40.5 Å². The molecule has 82 valence electrons. The summed E-state index contributed by atoms with van der Waals surface area (Å²) < 4.78 is 0. The highest BCUT2D eigenvalue weighted by atomic mass is 16.4. The Hall–Kier alpha value is -0.570. The Kier molecular flexibility index (Phi) is 3.93. The maximum absolute atomic E-state index is 11.2. The summed E-state index contributed by atoms with van der Waals surface area (Å²) in [6.07, 6.45) is 3.19. The molecule has 0 aliphatic heterocycles. The maximum Gasteiger partial charge on any atom is 0.321 e. The van der Waals surface area contributed by atoms with E-state index < -0.39 is 5.97 Å². The lowest BCUT2D eigenvalue weighted by molar-refractivity contribution is -0.145. The molecule has 0 aromatic carbocycles. The van der Waals surface area contributed by atoms with Gasteiger partial charge in [-0.15, -0.1) is 0 Å². The highest BCUT2D eigenvalue weighted by molar-refractivity contribution is 5.74. The van der Waals surface area contributed by atoms with Crippen molar-refractivity contribution in [3.63, 3.8) is 0 Å². The predicted molar refractivity (Wildman–Crippen MR) is 56.3 cm³/mol. The minimum atomic E-state index is -0.644. The van der Waals surface area contributed by atoms with Crippen LogP contribution in [0.1, 0.15) is 40.0 Å². The van der Waals surface area contributed by atoms with E-state index in [1.807, 2.05) is 6.92 Å². The lowest BCUT2D eigenvalue weighted by Crippen LogP contribution is -2.47. The van der Waals surface area contributed by atoms with Crippen LogP contribution in [0.5, 0.6) is 0 Å². The summed E-state index contributed by atoms with van der Waals surface area (Å²) in [5.74, 6) is -0.240.